The van der Waals surface area contributed by atoms with E-state index in [-0.39, 0.29) is 6.10 Å². The summed E-state index contributed by atoms with van der Waals surface area (Å²) in [6.45, 7) is 8.37. The fraction of sp³-hybridized carbons (Fsp3) is 0.833. The predicted molar refractivity (Wildman–Crippen MR) is 58.1 cm³/mol. The Morgan fingerprint density at radius 1 is 1.29 bits per heavy atom. The molecule has 2 nitrogen and oxygen atoms in total. The van der Waals surface area contributed by atoms with Crippen LogP contribution in [0.1, 0.15) is 32.6 Å². The van der Waals surface area contributed by atoms with Gasteiger partial charge < -0.3 is 5.11 Å². The Kier molecular flexibility index (Phi) is 2.93. The van der Waals surface area contributed by atoms with Crippen molar-refractivity contribution in [3.63, 3.8) is 0 Å². The smallest absolute Gasteiger partial charge is 0.0760 e. The van der Waals surface area contributed by atoms with Gasteiger partial charge in [0, 0.05) is 12.0 Å². The lowest BCUT2D eigenvalue weighted by Crippen LogP contribution is -2.54. The van der Waals surface area contributed by atoms with E-state index >= 15 is 0 Å². The Balaban J connectivity index is 2.06. The maximum absolute atomic E-state index is 10.2. The molecule has 1 N–H and O–H groups in total. The molecule has 2 aliphatic heterocycles. The van der Waals surface area contributed by atoms with Crippen molar-refractivity contribution in [1.29, 1.82) is 0 Å². The van der Waals surface area contributed by atoms with Crippen molar-refractivity contribution in [2.45, 2.75) is 44.8 Å². The molecule has 80 valence electrons. The molecular formula is C12H21NO. The van der Waals surface area contributed by atoms with E-state index in [9.17, 15) is 5.11 Å². The van der Waals surface area contributed by atoms with Crippen LogP contribution in [0.2, 0.25) is 0 Å². The third-order valence-electron chi connectivity index (χ3n) is 3.83. The summed E-state index contributed by atoms with van der Waals surface area (Å²) >= 11 is 0. The maximum atomic E-state index is 10.2. The van der Waals surface area contributed by atoms with E-state index in [4.69, 9.17) is 0 Å². The summed E-state index contributed by atoms with van der Waals surface area (Å²) in [6.07, 6.45) is 4.68. The molecule has 0 amide bonds. The lowest BCUT2D eigenvalue weighted by molar-refractivity contribution is -0.0351. The molecule has 0 aliphatic carbocycles. The first-order valence-corrected chi connectivity index (χ1v) is 5.77. The summed E-state index contributed by atoms with van der Waals surface area (Å²) in [5.41, 5.74) is 1.16. The van der Waals surface area contributed by atoms with Crippen molar-refractivity contribution in [3.05, 3.63) is 12.2 Å². The number of fused-ring (bicyclic) bond motifs is 1. The van der Waals surface area contributed by atoms with Crippen LogP contribution in [0.3, 0.4) is 0 Å². The fourth-order valence-corrected chi connectivity index (χ4v) is 2.96. The standard InChI is InChI=1S/C12H21NO/c1-9(2)10-6-8-13-7-4-3-5-11(13)12(10)14/h10-12,14H,1,3-8H2,2H3/t10-,11+,12+/m0/s1. The molecule has 0 bridgehead atoms. The highest BCUT2D eigenvalue weighted by Crippen LogP contribution is 2.32. The molecule has 0 aromatic rings. The molecule has 2 saturated heterocycles. The molecule has 0 unspecified atom stereocenters. The van der Waals surface area contributed by atoms with Crippen molar-refractivity contribution in [3.8, 4) is 0 Å². The number of aliphatic hydroxyl groups is 1. The zero-order valence-electron chi connectivity index (χ0n) is 9.08. The van der Waals surface area contributed by atoms with Gasteiger partial charge in [-0.2, -0.15) is 0 Å². The lowest BCUT2D eigenvalue weighted by atomic mass is 9.80. The summed E-state index contributed by atoms with van der Waals surface area (Å²) in [6, 6.07) is 0.416. The average Bonchev–Trinajstić information content (AvgIpc) is 2.18. The van der Waals surface area contributed by atoms with Gasteiger partial charge in [-0.15, -0.1) is 0 Å². The summed E-state index contributed by atoms with van der Waals surface area (Å²) in [4.78, 5) is 2.47. The quantitative estimate of drug-likeness (QED) is 0.645. The summed E-state index contributed by atoms with van der Waals surface area (Å²) in [5, 5.41) is 10.2. The molecule has 2 aliphatic rings. The van der Waals surface area contributed by atoms with Crippen molar-refractivity contribution >= 4 is 0 Å². The van der Waals surface area contributed by atoms with E-state index in [0.717, 1.165) is 18.5 Å². The van der Waals surface area contributed by atoms with Crippen LogP contribution in [-0.4, -0.2) is 35.2 Å². The molecule has 0 spiro atoms. The van der Waals surface area contributed by atoms with Crippen LogP contribution >= 0.6 is 0 Å². The summed E-state index contributed by atoms with van der Waals surface area (Å²) in [7, 11) is 0. The van der Waals surface area contributed by atoms with Crippen LogP contribution in [0.5, 0.6) is 0 Å². The molecule has 0 radical (unpaired) electrons. The van der Waals surface area contributed by atoms with Crippen molar-refractivity contribution < 1.29 is 5.11 Å². The molecule has 3 atom stereocenters. The lowest BCUT2D eigenvalue weighted by Gasteiger charge is -2.46. The third kappa shape index (κ3) is 1.73. The number of hydrogen-bond acceptors (Lipinski definition) is 2. The molecule has 0 saturated carbocycles. The predicted octanol–water partition coefficient (Wildman–Crippen LogP) is 1.80. The van der Waals surface area contributed by atoms with Gasteiger partial charge >= 0.3 is 0 Å². The Morgan fingerprint density at radius 2 is 2.07 bits per heavy atom. The van der Waals surface area contributed by atoms with Gasteiger partial charge in [0.05, 0.1) is 6.10 Å². The van der Waals surface area contributed by atoms with Crippen LogP contribution in [0.15, 0.2) is 12.2 Å². The highest BCUT2D eigenvalue weighted by atomic mass is 16.3. The highest BCUT2D eigenvalue weighted by Gasteiger charge is 2.37. The molecule has 14 heavy (non-hydrogen) atoms. The first-order valence-electron chi connectivity index (χ1n) is 5.77. The zero-order chi connectivity index (χ0) is 10.1. The van der Waals surface area contributed by atoms with Crippen LogP contribution in [0.4, 0.5) is 0 Å². The minimum absolute atomic E-state index is 0.165. The molecule has 2 heterocycles. The SMILES string of the molecule is C=C(C)[C@@H]1CCN2CCCC[C@@H]2[C@@H]1O. The molecule has 2 heteroatoms. The molecular weight excluding hydrogens is 174 g/mol. The average molecular weight is 195 g/mol. The second kappa shape index (κ2) is 4.03. The van der Waals surface area contributed by atoms with Gasteiger partial charge in [-0.05, 0) is 39.3 Å². The van der Waals surface area contributed by atoms with Crippen LogP contribution in [-0.2, 0) is 0 Å². The van der Waals surface area contributed by atoms with E-state index in [1.54, 1.807) is 0 Å². The van der Waals surface area contributed by atoms with E-state index in [2.05, 4.69) is 11.5 Å². The monoisotopic (exact) mass is 195 g/mol. The number of rotatable bonds is 1. The molecule has 0 aromatic carbocycles. The van der Waals surface area contributed by atoms with Gasteiger partial charge in [-0.3, -0.25) is 4.90 Å². The van der Waals surface area contributed by atoms with Gasteiger partial charge in [0.1, 0.15) is 0 Å². The van der Waals surface area contributed by atoms with Crippen molar-refractivity contribution in [2.75, 3.05) is 13.1 Å². The molecule has 2 rings (SSSR count). The number of nitrogens with zero attached hydrogens (tertiary/aromatic N) is 1. The highest BCUT2D eigenvalue weighted by molar-refractivity contribution is 5.05. The Morgan fingerprint density at radius 3 is 2.79 bits per heavy atom. The first kappa shape index (κ1) is 10.2. The Labute approximate surface area is 86.6 Å². The maximum Gasteiger partial charge on any atom is 0.0760 e. The molecule has 0 aromatic heterocycles. The largest absolute Gasteiger partial charge is 0.391 e. The fourth-order valence-electron chi connectivity index (χ4n) is 2.96. The topological polar surface area (TPSA) is 23.5 Å². The zero-order valence-corrected chi connectivity index (χ0v) is 9.08. The van der Waals surface area contributed by atoms with E-state index < -0.39 is 0 Å². The summed E-state index contributed by atoms with van der Waals surface area (Å²) in [5.74, 6) is 0.342. The van der Waals surface area contributed by atoms with E-state index in [1.807, 2.05) is 6.92 Å². The van der Waals surface area contributed by atoms with E-state index in [1.165, 1.54) is 25.8 Å². The minimum atomic E-state index is -0.165. The van der Waals surface area contributed by atoms with Crippen LogP contribution < -0.4 is 0 Å². The normalized spacial score (nSPS) is 39.1. The van der Waals surface area contributed by atoms with Gasteiger partial charge in [-0.1, -0.05) is 18.6 Å². The second-order valence-electron chi connectivity index (χ2n) is 4.83. The van der Waals surface area contributed by atoms with Crippen molar-refractivity contribution in [1.82, 2.24) is 4.90 Å². The number of hydrogen-bond donors (Lipinski definition) is 1. The number of piperidine rings is 2. The van der Waals surface area contributed by atoms with Crippen LogP contribution in [0.25, 0.3) is 0 Å². The first-order chi connectivity index (χ1) is 6.70. The van der Waals surface area contributed by atoms with Crippen molar-refractivity contribution in [2.24, 2.45) is 5.92 Å². The van der Waals surface area contributed by atoms with E-state index in [0.29, 0.717) is 12.0 Å². The third-order valence-corrected chi connectivity index (χ3v) is 3.83. The second-order valence-corrected chi connectivity index (χ2v) is 4.83. The van der Waals surface area contributed by atoms with Gasteiger partial charge in [0.25, 0.3) is 0 Å². The Bertz CT molecular complexity index is 226. The van der Waals surface area contributed by atoms with Crippen LogP contribution in [0, 0.1) is 5.92 Å². The van der Waals surface area contributed by atoms with Gasteiger partial charge in [-0.25, -0.2) is 0 Å². The number of aliphatic hydroxyl groups excluding tert-OH is 1. The Hall–Kier alpha value is -0.340. The minimum Gasteiger partial charge on any atom is -0.391 e. The van der Waals surface area contributed by atoms with Gasteiger partial charge in [0.15, 0.2) is 0 Å². The molecule has 2 fully saturated rings. The van der Waals surface area contributed by atoms with Gasteiger partial charge in [0.2, 0.25) is 0 Å². The summed E-state index contributed by atoms with van der Waals surface area (Å²) < 4.78 is 0.